The van der Waals surface area contributed by atoms with Crippen molar-refractivity contribution in [3.8, 4) is 0 Å². The quantitative estimate of drug-likeness (QED) is 0.935. The number of rotatable bonds is 4. The lowest BCUT2D eigenvalue weighted by Gasteiger charge is -2.34. The van der Waals surface area contributed by atoms with Crippen LogP contribution in [0.25, 0.3) is 10.9 Å². The number of nitrogens with zero attached hydrogens (tertiary/aromatic N) is 2. The fourth-order valence-electron chi connectivity index (χ4n) is 3.04. The number of halogens is 1. The first-order valence-electron chi connectivity index (χ1n) is 7.82. The fourth-order valence-corrected chi connectivity index (χ4v) is 3.04. The molecule has 2 aromatic rings. The van der Waals surface area contributed by atoms with E-state index in [4.69, 9.17) is 4.74 Å². The van der Waals surface area contributed by atoms with Gasteiger partial charge in [-0.25, -0.2) is 4.39 Å². The van der Waals surface area contributed by atoms with Crippen molar-refractivity contribution in [3.05, 3.63) is 35.8 Å². The zero-order valence-corrected chi connectivity index (χ0v) is 13.5. The molecule has 1 saturated heterocycles. The summed E-state index contributed by atoms with van der Waals surface area (Å²) in [6.07, 6.45) is 2.17. The molecule has 1 aromatic heterocycles. The molecule has 0 saturated carbocycles. The molecular formula is C17H24FN3O2. The molecular weight excluding hydrogens is 297 g/mol. The van der Waals surface area contributed by atoms with Crippen molar-refractivity contribution in [3.63, 3.8) is 0 Å². The number of nitrogens with one attached hydrogen (secondary N) is 1. The number of carbonyl (C=O) groups excluding carboxylic acids is 1. The lowest BCUT2D eigenvalue weighted by atomic mass is 10.1. The average molecular weight is 321 g/mol. The molecule has 1 fully saturated rings. The SMILES string of the molecule is CN(C)C[C@H]1CN(C(=O)Cc2c[nH]c3cc(F)ccc23)CCO1.[HH]. The van der Waals surface area contributed by atoms with Crippen LogP contribution in [-0.4, -0.2) is 67.1 Å². The number of carbonyl (C=O) groups is 1. The maximum atomic E-state index is 13.2. The monoisotopic (exact) mass is 321 g/mol. The lowest BCUT2D eigenvalue weighted by molar-refractivity contribution is -0.138. The zero-order chi connectivity index (χ0) is 16.4. The molecule has 0 radical (unpaired) electrons. The van der Waals surface area contributed by atoms with Crippen molar-refractivity contribution < 1.29 is 15.3 Å². The smallest absolute Gasteiger partial charge is 0.227 e. The minimum atomic E-state index is -0.281. The van der Waals surface area contributed by atoms with Gasteiger partial charge in [0, 0.05) is 38.2 Å². The number of hydrogen-bond donors (Lipinski definition) is 1. The fraction of sp³-hybridized carbons (Fsp3) is 0.471. The molecule has 1 aromatic carbocycles. The van der Waals surface area contributed by atoms with Crippen molar-refractivity contribution in [2.75, 3.05) is 40.3 Å². The van der Waals surface area contributed by atoms with Crippen LogP contribution in [-0.2, 0) is 16.0 Å². The molecule has 0 bridgehead atoms. The van der Waals surface area contributed by atoms with Crippen LogP contribution < -0.4 is 0 Å². The number of likely N-dealkylation sites (N-methyl/N-ethyl adjacent to an activating group) is 1. The predicted molar refractivity (Wildman–Crippen MR) is 88.9 cm³/mol. The van der Waals surface area contributed by atoms with E-state index >= 15 is 0 Å². The second-order valence-corrected chi connectivity index (χ2v) is 6.28. The molecule has 0 unspecified atom stereocenters. The van der Waals surface area contributed by atoms with Gasteiger partial charge in [-0.2, -0.15) is 0 Å². The highest BCUT2D eigenvalue weighted by atomic mass is 19.1. The Labute approximate surface area is 136 Å². The third-order valence-corrected chi connectivity index (χ3v) is 4.13. The van der Waals surface area contributed by atoms with E-state index in [0.717, 1.165) is 23.0 Å². The Morgan fingerprint density at radius 3 is 3.13 bits per heavy atom. The summed E-state index contributed by atoms with van der Waals surface area (Å²) in [7, 11) is 3.99. The number of H-pyrrole nitrogens is 1. The number of hydrogen-bond acceptors (Lipinski definition) is 3. The standard InChI is InChI=1S/C17H22FN3O2.H2/c1-20(2)10-14-11-21(5-6-23-14)17(22)7-12-9-19-16-8-13(18)3-4-15(12)16;/h3-4,8-9,14,19H,5-7,10-11H2,1-2H3;1H/t14-;/m0./s1. The number of morpholine rings is 1. The Kier molecular flexibility index (Phi) is 4.63. The molecule has 23 heavy (non-hydrogen) atoms. The van der Waals surface area contributed by atoms with Gasteiger partial charge in [0.25, 0.3) is 0 Å². The largest absolute Gasteiger partial charge is 0.373 e. The Morgan fingerprint density at radius 2 is 2.35 bits per heavy atom. The van der Waals surface area contributed by atoms with Crippen LogP contribution in [0.15, 0.2) is 24.4 Å². The van der Waals surface area contributed by atoms with Crippen molar-refractivity contribution in [1.82, 2.24) is 14.8 Å². The number of aromatic nitrogens is 1. The minimum absolute atomic E-state index is 0. The molecule has 2 heterocycles. The van der Waals surface area contributed by atoms with Gasteiger partial charge in [-0.3, -0.25) is 4.79 Å². The van der Waals surface area contributed by atoms with Crippen molar-refractivity contribution >= 4 is 16.8 Å². The highest BCUT2D eigenvalue weighted by Gasteiger charge is 2.25. The normalized spacial score (nSPS) is 18.8. The van der Waals surface area contributed by atoms with E-state index in [0.29, 0.717) is 26.1 Å². The van der Waals surface area contributed by atoms with E-state index in [1.165, 1.54) is 12.1 Å². The highest BCUT2D eigenvalue weighted by molar-refractivity contribution is 5.89. The number of aromatic amines is 1. The van der Waals surface area contributed by atoms with E-state index in [-0.39, 0.29) is 19.3 Å². The summed E-state index contributed by atoms with van der Waals surface area (Å²) in [6, 6.07) is 4.59. The molecule has 1 aliphatic heterocycles. The van der Waals surface area contributed by atoms with E-state index in [1.807, 2.05) is 19.0 Å². The Hall–Kier alpha value is -1.92. The summed E-state index contributed by atoms with van der Waals surface area (Å²) >= 11 is 0. The molecule has 1 aliphatic rings. The zero-order valence-electron chi connectivity index (χ0n) is 13.5. The van der Waals surface area contributed by atoms with Gasteiger partial charge in [-0.1, -0.05) is 0 Å². The Morgan fingerprint density at radius 1 is 1.52 bits per heavy atom. The van der Waals surface area contributed by atoms with Crippen LogP contribution in [0.5, 0.6) is 0 Å². The molecule has 0 spiro atoms. The van der Waals surface area contributed by atoms with E-state index in [9.17, 15) is 9.18 Å². The maximum Gasteiger partial charge on any atom is 0.227 e. The predicted octanol–water partition coefficient (Wildman–Crippen LogP) is 1.88. The lowest BCUT2D eigenvalue weighted by Crippen LogP contribution is -2.49. The summed E-state index contributed by atoms with van der Waals surface area (Å²) in [4.78, 5) is 19.5. The van der Waals surface area contributed by atoms with Crippen LogP contribution in [0.2, 0.25) is 0 Å². The van der Waals surface area contributed by atoms with Crippen LogP contribution >= 0.6 is 0 Å². The van der Waals surface area contributed by atoms with E-state index in [2.05, 4.69) is 9.88 Å². The molecule has 1 amide bonds. The molecule has 5 nitrogen and oxygen atoms in total. The third-order valence-electron chi connectivity index (χ3n) is 4.13. The van der Waals surface area contributed by atoms with E-state index < -0.39 is 0 Å². The van der Waals surface area contributed by atoms with Crippen LogP contribution in [0.1, 0.15) is 6.99 Å². The van der Waals surface area contributed by atoms with Gasteiger partial charge in [0.05, 0.1) is 19.1 Å². The summed E-state index contributed by atoms with van der Waals surface area (Å²) in [5.41, 5.74) is 1.63. The van der Waals surface area contributed by atoms with Gasteiger partial charge in [0.15, 0.2) is 0 Å². The molecule has 6 heteroatoms. The van der Waals surface area contributed by atoms with Gasteiger partial charge >= 0.3 is 0 Å². The molecule has 0 aliphatic carbocycles. The topological polar surface area (TPSA) is 48.6 Å². The number of amides is 1. The number of ether oxygens (including phenoxy) is 1. The van der Waals surface area contributed by atoms with Gasteiger partial charge < -0.3 is 19.5 Å². The van der Waals surface area contributed by atoms with E-state index in [1.54, 1.807) is 12.3 Å². The van der Waals surface area contributed by atoms with Crippen molar-refractivity contribution in [2.24, 2.45) is 0 Å². The number of benzene rings is 1. The van der Waals surface area contributed by atoms with Gasteiger partial charge in [0.1, 0.15) is 5.82 Å². The second kappa shape index (κ2) is 6.68. The molecule has 1 atom stereocenters. The van der Waals surface area contributed by atoms with Crippen molar-refractivity contribution in [1.29, 1.82) is 0 Å². The first kappa shape index (κ1) is 16.0. The highest BCUT2D eigenvalue weighted by Crippen LogP contribution is 2.20. The Bertz CT molecular complexity index is 704. The average Bonchev–Trinajstić information content (AvgIpc) is 2.89. The van der Waals surface area contributed by atoms with Crippen LogP contribution in [0.3, 0.4) is 0 Å². The third kappa shape index (κ3) is 3.71. The first-order valence-corrected chi connectivity index (χ1v) is 7.82. The van der Waals surface area contributed by atoms with Crippen LogP contribution in [0.4, 0.5) is 4.39 Å². The summed E-state index contributed by atoms with van der Waals surface area (Å²) < 4.78 is 18.9. The molecule has 1 N–H and O–H groups in total. The van der Waals surface area contributed by atoms with Crippen LogP contribution in [0, 0.1) is 5.82 Å². The summed E-state index contributed by atoms with van der Waals surface area (Å²) in [5.74, 6) is -0.195. The molecule has 3 rings (SSSR count). The summed E-state index contributed by atoms with van der Waals surface area (Å²) in [5, 5.41) is 0.901. The van der Waals surface area contributed by atoms with Gasteiger partial charge in [-0.05, 0) is 37.9 Å². The maximum absolute atomic E-state index is 13.2. The van der Waals surface area contributed by atoms with Crippen molar-refractivity contribution in [2.45, 2.75) is 12.5 Å². The first-order chi connectivity index (χ1) is 11.0. The Balaban J connectivity index is 0.00000208. The second-order valence-electron chi connectivity index (χ2n) is 6.28. The molecule has 126 valence electrons. The van der Waals surface area contributed by atoms with Gasteiger partial charge in [-0.15, -0.1) is 0 Å². The summed E-state index contributed by atoms with van der Waals surface area (Å²) in [6.45, 7) is 2.62. The number of fused-ring (bicyclic) bond motifs is 1. The minimum Gasteiger partial charge on any atom is -0.373 e. The van der Waals surface area contributed by atoms with Gasteiger partial charge in [0.2, 0.25) is 5.91 Å².